The number of anilines is 1. The molecule has 0 aromatic heterocycles. The van der Waals surface area contributed by atoms with Gasteiger partial charge in [-0.1, -0.05) is 42.8 Å². The third kappa shape index (κ3) is 3.02. The molecule has 20 heavy (non-hydrogen) atoms. The summed E-state index contributed by atoms with van der Waals surface area (Å²) >= 11 is 6.14. The van der Waals surface area contributed by atoms with Crippen LogP contribution in [0.4, 0.5) is 5.69 Å². The van der Waals surface area contributed by atoms with Crippen molar-refractivity contribution < 1.29 is 4.79 Å². The predicted molar refractivity (Wildman–Crippen MR) is 84.7 cm³/mol. The predicted octanol–water partition coefficient (Wildman–Crippen LogP) is 4.77. The van der Waals surface area contributed by atoms with Crippen molar-refractivity contribution >= 4 is 23.2 Å². The zero-order valence-electron chi connectivity index (χ0n) is 12.0. The normalized spacial score (nSPS) is 10.4. The van der Waals surface area contributed by atoms with E-state index >= 15 is 0 Å². The molecular formula is C17H18ClNO. The summed E-state index contributed by atoms with van der Waals surface area (Å²) in [6, 6.07) is 11.5. The summed E-state index contributed by atoms with van der Waals surface area (Å²) in [6.45, 7) is 6.01. The number of halogens is 1. The summed E-state index contributed by atoms with van der Waals surface area (Å²) in [5.74, 6) is -0.168. The second-order valence-corrected chi connectivity index (χ2v) is 5.31. The van der Waals surface area contributed by atoms with Crippen molar-refractivity contribution in [2.24, 2.45) is 0 Å². The second-order valence-electron chi connectivity index (χ2n) is 4.90. The van der Waals surface area contributed by atoms with Gasteiger partial charge >= 0.3 is 0 Å². The Kier molecular flexibility index (Phi) is 4.46. The molecule has 0 fully saturated rings. The first kappa shape index (κ1) is 14.6. The van der Waals surface area contributed by atoms with Gasteiger partial charge in [0.25, 0.3) is 5.91 Å². The second kappa shape index (κ2) is 6.10. The number of carbonyl (C=O) groups excluding carboxylic acids is 1. The Morgan fingerprint density at radius 1 is 1.20 bits per heavy atom. The Labute approximate surface area is 124 Å². The van der Waals surface area contributed by atoms with Crippen LogP contribution in [0.1, 0.15) is 34.0 Å². The van der Waals surface area contributed by atoms with Crippen LogP contribution in [-0.4, -0.2) is 5.91 Å². The average molecular weight is 288 g/mol. The van der Waals surface area contributed by atoms with Gasteiger partial charge in [-0.2, -0.15) is 0 Å². The van der Waals surface area contributed by atoms with Crippen LogP contribution in [0.15, 0.2) is 36.4 Å². The summed E-state index contributed by atoms with van der Waals surface area (Å²) in [5, 5.41) is 3.46. The molecule has 1 N–H and O–H groups in total. The minimum absolute atomic E-state index is 0.168. The number of hydrogen-bond donors (Lipinski definition) is 1. The zero-order valence-corrected chi connectivity index (χ0v) is 12.7. The van der Waals surface area contributed by atoms with E-state index in [1.165, 1.54) is 0 Å². The summed E-state index contributed by atoms with van der Waals surface area (Å²) < 4.78 is 0. The molecule has 0 spiro atoms. The van der Waals surface area contributed by atoms with Gasteiger partial charge in [0.05, 0.1) is 10.6 Å². The lowest BCUT2D eigenvalue weighted by Gasteiger charge is -2.13. The number of hydrogen-bond acceptors (Lipinski definition) is 1. The first-order valence-electron chi connectivity index (χ1n) is 6.69. The van der Waals surface area contributed by atoms with E-state index in [-0.39, 0.29) is 5.91 Å². The fourth-order valence-corrected chi connectivity index (χ4v) is 2.51. The number of para-hydroxylation sites is 1. The first-order valence-corrected chi connectivity index (χ1v) is 7.06. The number of amides is 1. The molecule has 104 valence electrons. The average Bonchev–Trinajstić information content (AvgIpc) is 2.40. The van der Waals surface area contributed by atoms with E-state index in [9.17, 15) is 4.79 Å². The standard InChI is InChI=1S/C17H18ClNO/c1-4-13-7-5-6-12(3)16(13)19-17(20)14-9-8-11(2)10-15(14)18/h5-10H,4H2,1-3H3,(H,19,20). The number of carbonyl (C=O) groups is 1. The fourth-order valence-electron chi connectivity index (χ4n) is 2.19. The van der Waals surface area contributed by atoms with Crippen molar-refractivity contribution in [1.82, 2.24) is 0 Å². The Bertz CT molecular complexity index is 649. The molecule has 0 aliphatic heterocycles. The first-order chi connectivity index (χ1) is 9.52. The molecule has 2 rings (SSSR count). The van der Waals surface area contributed by atoms with Crippen LogP contribution in [-0.2, 0) is 6.42 Å². The lowest BCUT2D eigenvalue weighted by Crippen LogP contribution is -2.14. The minimum atomic E-state index is -0.168. The Hall–Kier alpha value is -1.80. The molecule has 0 heterocycles. The Balaban J connectivity index is 2.33. The van der Waals surface area contributed by atoms with Crippen LogP contribution in [0.5, 0.6) is 0 Å². The SMILES string of the molecule is CCc1cccc(C)c1NC(=O)c1ccc(C)cc1Cl. The summed E-state index contributed by atoms with van der Waals surface area (Å²) in [6.07, 6.45) is 0.874. The summed E-state index contributed by atoms with van der Waals surface area (Å²) in [7, 11) is 0. The van der Waals surface area contributed by atoms with E-state index in [4.69, 9.17) is 11.6 Å². The molecule has 0 saturated carbocycles. The van der Waals surface area contributed by atoms with Crippen LogP contribution >= 0.6 is 11.6 Å². The number of nitrogens with one attached hydrogen (secondary N) is 1. The molecule has 1 amide bonds. The molecule has 2 aromatic rings. The number of benzene rings is 2. The van der Waals surface area contributed by atoms with Crippen molar-refractivity contribution in [3.63, 3.8) is 0 Å². The molecule has 0 aliphatic carbocycles. The van der Waals surface area contributed by atoms with Gasteiger partial charge in [0.1, 0.15) is 0 Å². The van der Waals surface area contributed by atoms with E-state index in [1.807, 2.05) is 38.1 Å². The maximum atomic E-state index is 12.4. The van der Waals surface area contributed by atoms with Crippen molar-refractivity contribution in [2.45, 2.75) is 27.2 Å². The van der Waals surface area contributed by atoms with Gasteiger partial charge < -0.3 is 5.32 Å². The van der Waals surface area contributed by atoms with E-state index in [0.29, 0.717) is 10.6 Å². The molecule has 0 aliphatic rings. The van der Waals surface area contributed by atoms with Gasteiger partial charge in [0.15, 0.2) is 0 Å². The van der Waals surface area contributed by atoms with E-state index < -0.39 is 0 Å². The van der Waals surface area contributed by atoms with Gasteiger partial charge in [0.2, 0.25) is 0 Å². The van der Waals surface area contributed by atoms with Crippen molar-refractivity contribution in [3.05, 3.63) is 63.7 Å². The van der Waals surface area contributed by atoms with E-state index in [1.54, 1.807) is 12.1 Å². The van der Waals surface area contributed by atoms with Crippen LogP contribution in [0.25, 0.3) is 0 Å². The van der Waals surface area contributed by atoms with Gasteiger partial charge in [-0.3, -0.25) is 4.79 Å². The van der Waals surface area contributed by atoms with Crippen molar-refractivity contribution in [2.75, 3.05) is 5.32 Å². The number of rotatable bonds is 3. The molecule has 0 bridgehead atoms. The highest BCUT2D eigenvalue weighted by atomic mass is 35.5. The highest BCUT2D eigenvalue weighted by Gasteiger charge is 2.13. The van der Waals surface area contributed by atoms with Crippen molar-refractivity contribution in [3.8, 4) is 0 Å². The van der Waals surface area contributed by atoms with Crippen LogP contribution in [0.2, 0.25) is 5.02 Å². The third-order valence-electron chi connectivity index (χ3n) is 3.35. The zero-order chi connectivity index (χ0) is 14.7. The lowest BCUT2D eigenvalue weighted by atomic mass is 10.1. The maximum Gasteiger partial charge on any atom is 0.257 e. The molecule has 2 aromatic carbocycles. The molecular weight excluding hydrogens is 270 g/mol. The molecule has 0 unspecified atom stereocenters. The molecule has 3 heteroatoms. The Morgan fingerprint density at radius 3 is 2.60 bits per heavy atom. The van der Waals surface area contributed by atoms with Crippen LogP contribution in [0, 0.1) is 13.8 Å². The van der Waals surface area contributed by atoms with Gasteiger partial charge in [0, 0.05) is 5.69 Å². The highest BCUT2D eigenvalue weighted by molar-refractivity contribution is 6.34. The molecule has 0 radical (unpaired) electrons. The monoisotopic (exact) mass is 287 g/mol. The van der Waals surface area contributed by atoms with Gasteiger partial charge in [-0.25, -0.2) is 0 Å². The minimum Gasteiger partial charge on any atom is -0.321 e. The summed E-state index contributed by atoms with van der Waals surface area (Å²) in [4.78, 5) is 12.4. The summed E-state index contributed by atoms with van der Waals surface area (Å²) in [5.41, 5.74) is 4.61. The van der Waals surface area contributed by atoms with E-state index in [2.05, 4.69) is 12.2 Å². The third-order valence-corrected chi connectivity index (χ3v) is 3.66. The van der Waals surface area contributed by atoms with E-state index in [0.717, 1.165) is 28.8 Å². The quantitative estimate of drug-likeness (QED) is 0.865. The highest BCUT2D eigenvalue weighted by Crippen LogP contribution is 2.24. The number of aryl methyl sites for hydroxylation is 3. The smallest absolute Gasteiger partial charge is 0.257 e. The van der Waals surface area contributed by atoms with Gasteiger partial charge in [-0.05, 0) is 49.1 Å². The fraction of sp³-hybridized carbons (Fsp3) is 0.235. The largest absolute Gasteiger partial charge is 0.321 e. The Morgan fingerprint density at radius 2 is 1.95 bits per heavy atom. The maximum absolute atomic E-state index is 12.4. The topological polar surface area (TPSA) is 29.1 Å². The lowest BCUT2D eigenvalue weighted by molar-refractivity contribution is 0.102. The molecule has 0 saturated heterocycles. The van der Waals surface area contributed by atoms with Crippen LogP contribution in [0.3, 0.4) is 0 Å². The van der Waals surface area contributed by atoms with Crippen molar-refractivity contribution in [1.29, 1.82) is 0 Å². The van der Waals surface area contributed by atoms with Crippen LogP contribution < -0.4 is 5.32 Å². The van der Waals surface area contributed by atoms with Gasteiger partial charge in [-0.15, -0.1) is 0 Å². The molecule has 2 nitrogen and oxygen atoms in total. The molecule has 0 atom stereocenters.